The monoisotopic (exact) mass is 321 g/mol. The van der Waals surface area contributed by atoms with Crippen LogP contribution in [0.4, 0.5) is 9.18 Å². The molecule has 7 nitrogen and oxygen atoms in total. The first kappa shape index (κ1) is 15.4. The zero-order valence-corrected chi connectivity index (χ0v) is 12.3. The molecule has 1 aromatic carbocycles. The van der Waals surface area contributed by atoms with Crippen molar-refractivity contribution in [3.63, 3.8) is 0 Å². The molecule has 8 heteroatoms. The molecule has 2 aliphatic heterocycles. The summed E-state index contributed by atoms with van der Waals surface area (Å²) in [4.78, 5) is 39.0. The van der Waals surface area contributed by atoms with Crippen LogP contribution < -0.4 is 5.32 Å². The van der Waals surface area contributed by atoms with Crippen molar-refractivity contribution in [3.8, 4) is 0 Å². The van der Waals surface area contributed by atoms with Crippen LogP contribution in [-0.4, -0.2) is 60.5 Å². The van der Waals surface area contributed by atoms with Crippen LogP contribution in [0.5, 0.6) is 0 Å². The molecular formula is C15H16FN3O4. The van der Waals surface area contributed by atoms with Crippen LogP contribution in [0.15, 0.2) is 24.3 Å². The summed E-state index contributed by atoms with van der Waals surface area (Å²) in [7, 11) is 0. The molecule has 1 N–H and O–H groups in total. The Bertz CT molecular complexity index is 628. The lowest BCUT2D eigenvalue weighted by Crippen LogP contribution is -2.47. The highest BCUT2D eigenvalue weighted by Gasteiger charge is 2.40. The molecule has 1 atom stereocenters. The number of nitrogens with zero attached hydrogens (tertiary/aromatic N) is 2. The van der Waals surface area contributed by atoms with Gasteiger partial charge in [0.15, 0.2) is 0 Å². The van der Waals surface area contributed by atoms with Crippen LogP contribution in [0.3, 0.4) is 0 Å². The summed E-state index contributed by atoms with van der Waals surface area (Å²) < 4.78 is 18.1. The standard InChI is InChI=1S/C15H16FN3O4/c16-11-3-1-10(2-4-11)13-14(21)19(15(22)17-13)9-12(20)18-5-7-23-8-6-18/h1-4,13H,5-9H2,(H,17,22)/t13-/m0/s1. The number of hydrogen-bond acceptors (Lipinski definition) is 4. The Labute approximate surface area is 132 Å². The topological polar surface area (TPSA) is 79.0 Å². The van der Waals surface area contributed by atoms with Gasteiger partial charge in [-0.1, -0.05) is 12.1 Å². The van der Waals surface area contributed by atoms with E-state index in [2.05, 4.69) is 5.32 Å². The minimum atomic E-state index is -0.888. The van der Waals surface area contributed by atoms with Crippen LogP contribution in [0, 0.1) is 5.82 Å². The van der Waals surface area contributed by atoms with E-state index >= 15 is 0 Å². The number of amides is 4. The number of rotatable bonds is 3. The quantitative estimate of drug-likeness (QED) is 0.811. The summed E-state index contributed by atoms with van der Waals surface area (Å²) in [6, 6.07) is 3.80. The molecule has 0 unspecified atom stereocenters. The SMILES string of the molecule is O=C(CN1C(=O)N[C@@H](c2ccc(F)cc2)C1=O)N1CCOCC1. The second kappa shape index (κ2) is 6.33. The number of carbonyl (C=O) groups is 3. The summed E-state index contributed by atoms with van der Waals surface area (Å²) >= 11 is 0. The summed E-state index contributed by atoms with van der Waals surface area (Å²) in [5.41, 5.74) is 0.478. The third-order valence-electron chi connectivity index (χ3n) is 3.89. The summed E-state index contributed by atoms with van der Waals surface area (Å²) in [6.45, 7) is 1.49. The fourth-order valence-corrected chi connectivity index (χ4v) is 2.60. The van der Waals surface area contributed by atoms with E-state index in [9.17, 15) is 18.8 Å². The fraction of sp³-hybridized carbons (Fsp3) is 0.400. The van der Waals surface area contributed by atoms with Crippen molar-refractivity contribution in [2.75, 3.05) is 32.8 Å². The Morgan fingerprint density at radius 1 is 1.22 bits per heavy atom. The lowest BCUT2D eigenvalue weighted by Gasteiger charge is -2.28. The van der Waals surface area contributed by atoms with E-state index < -0.39 is 23.8 Å². The van der Waals surface area contributed by atoms with E-state index in [1.54, 1.807) is 4.90 Å². The number of morpholine rings is 1. The van der Waals surface area contributed by atoms with Crippen molar-refractivity contribution in [1.29, 1.82) is 0 Å². The number of carbonyl (C=O) groups excluding carboxylic acids is 3. The second-order valence-corrected chi connectivity index (χ2v) is 5.35. The molecule has 0 radical (unpaired) electrons. The number of imide groups is 1. The van der Waals surface area contributed by atoms with Gasteiger partial charge in [0.25, 0.3) is 5.91 Å². The molecule has 2 heterocycles. The summed E-state index contributed by atoms with van der Waals surface area (Å²) in [5, 5.41) is 2.52. The lowest BCUT2D eigenvalue weighted by atomic mass is 10.1. The number of benzene rings is 1. The molecule has 0 spiro atoms. The normalized spacial score (nSPS) is 21.5. The number of urea groups is 1. The molecule has 0 aliphatic carbocycles. The van der Waals surface area contributed by atoms with Crippen molar-refractivity contribution in [3.05, 3.63) is 35.6 Å². The molecular weight excluding hydrogens is 305 g/mol. The minimum Gasteiger partial charge on any atom is -0.378 e. The highest BCUT2D eigenvalue weighted by atomic mass is 19.1. The molecule has 0 aromatic heterocycles. The number of halogens is 1. The van der Waals surface area contributed by atoms with Crippen LogP contribution in [0.2, 0.25) is 0 Å². The predicted octanol–water partition coefficient (Wildman–Crippen LogP) is 0.277. The van der Waals surface area contributed by atoms with E-state index in [0.717, 1.165) is 4.90 Å². The molecule has 23 heavy (non-hydrogen) atoms. The molecule has 2 saturated heterocycles. The fourth-order valence-electron chi connectivity index (χ4n) is 2.60. The minimum absolute atomic E-state index is 0.295. The van der Waals surface area contributed by atoms with Crippen LogP contribution in [0.25, 0.3) is 0 Å². The molecule has 1 aromatic rings. The molecule has 2 fully saturated rings. The lowest BCUT2D eigenvalue weighted by molar-refractivity contribution is -0.140. The third-order valence-corrected chi connectivity index (χ3v) is 3.89. The number of nitrogens with one attached hydrogen (secondary N) is 1. The summed E-state index contributed by atoms with van der Waals surface area (Å²) in [6.07, 6.45) is 0. The number of hydrogen-bond donors (Lipinski definition) is 1. The van der Waals surface area contributed by atoms with Crippen molar-refractivity contribution < 1.29 is 23.5 Å². The zero-order chi connectivity index (χ0) is 16.4. The molecule has 4 amide bonds. The van der Waals surface area contributed by atoms with Gasteiger partial charge in [-0.05, 0) is 17.7 Å². The first-order valence-corrected chi connectivity index (χ1v) is 7.29. The van der Waals surface area contributed by atoms with E-state index in [1.807, 2.05) is 0 Å². The third kappa shape index (κ3) is 3.16. The molecule has 122 valence electrons. The van der Waals surface area contributed by atoms with E-state index in [1.165, 1.54) is 24.3 Å². The molecule has 0 saturated carbocycles. The van der Waals surface area contributed by atoms with Crippen LogP contribution in [-0.2, 0) is 14.3 Å². The maximum absolute atomic E-state index is 13.0. The Morgan fingerprint density at radius 2 is 1.87 bits per heavy atom. The molecule has 3 rings (SSSR count). The maximum atomic E-state index is 13.0. The predicted molar refractivity (Wildman–Crippen MR) is 76.8 cm³/mol. The van der Waals surface area contributed by atoms with Gasteiger partial charge in [-0.2, -0.15) is 0 Å². The van der Waals surface area contributed by atoms with Gasteiger partial charge in [0.05, 0.1) is 13.2 Å². The van der Waals surface area contributed by atoms with Gasteiger partial charge in [-0.25, -0.2) is 9.18 Å². The van der Waals surface area contributed by atoms with Crippen LogP contribution in [0.1, 0.15) is 11.6 Å². The van der Waals surface area contributed by atoms with Gasteiger partial charge in [0.2, 0.25) is 5.91 Å². The maximum Gasteiger partial charge on any atom is 0.325 e. The summed E-state index contributed by atoms with van der Waals surface area (Å²) in [5.74, 6) is -1.23. The average Bonchev–Trinajstić information content (AvgIpc) is 2.84. The van der Waals surface area contributed by atoms with Crippen molar-refractivity contribution >= 4 is 17.8 Å². The van der Waals surface area contributed by atoms with Gasteiger partial charge in [0.1, 0.15) is 18.4 Å². The first-order chi connectivity index (χ1) is 11.1. The highest BCUT2D eigenvalue weighted by molar-refractivity contribution is 6.06. The van der Waals surface area contributed by atoms with Crippen LogP contribution >= 0.6 is 0 Å². The van der Waals surface area contributed by atoms with Gasteiger partial charge >= 0.3 is 6.03 Å². The zero-order valence-electron chi connectivity index (χ0n) is 12.3. The van der Waals surface area contributed by atoms with Gasteiger partial charge in [-0.15, -0.1) is 0 Å². The highest BCUT2D eigenvalue weighted by Crippen LogP contribution is 2.22. The Morgan fingerprint density at radius 3 is 2.52 bits per heavy atom. The van der Waals surface area contributed by atoms with Crippen molar-refractivity contribution in [2.24, 2.45) is 0 Å². The second-order valence-electron chi connectivity index (χ2n) is 5.35. The van der Waals surface area contributed by atoms with E-state index in [-0.39, 0.29) is 12.5 Å². The van der Waals surface area contributed by atoms with E-state index in [4.69, 9.17) is 4.74 Å². The van der Waals surface area contributed by atoms with Gasteiger partial charge in [-0.3, -0.25) is 14.5 Å². The largest absolute Gasteiger partial charge is 0.378 e. The van der Waals surface area contributed by atoms with Gasteiger partial charge < -0.3 is 15.0 Å². The Balaban J connectivity index is 1.68. The average molecular weight is 321 g/mol. The number of ether oxygens (including phenoxy) is 1. The van der Waals surface area contributed by atoms with E-state index in [0.29, 0.717) is 31.9 Å². The smallest absolute Gasteiger partial charge is 0.325 e. The van der Waals surface area contributed by atoms with Crippen molar-refractivity contribution in [1.82, 2.24) is 15.1 Å². The first-order valence-electron chi connectivity index (χ1n) is 7.29. The Kier molecular flexibility index (Phi) is 4.24. The molecule has 0 bridgehead atoms. The Hall–Kier alpha value is -2.48. The van der Waals surface area contributed by atoms with Gasteiger partial charge in [0, 0.05) is 13.1 Å². The van der Waals surface area contributed by atoms with Crippen molar-refractivity contribution in [2.45, 2.75) is 6.04 Å². The molecule has 2 aliphatic rings.